The van der Waals surface area contributed by atoms with Crippen LogP contribution < -0.4 is 5.32 Å². The van der Waals surface area contributed by atoms with E-state index in [2.05, 4.69) is 56.4 Å². The molecule has 10 atom stereocenters. The monoisotopic (exact) mass is 467 g/mol. The Balaban J connectivity index is 1.19. The first-order valence-electron chi connectivity index (χ1n) is 14.4. The summed E-state index contributed by atoms with van der Waals surface area (Å²) in [6.45, 7) is 9.70. The van der Waals surface area contributed by atoms with Crippen LogP contribution in [0.1, 0.15) is 90.5 Å². The number of benzene rings is 1. The molecule has 4 saturated carbocycles. The van der Waals surface area contributed by atoms with Crippen LogP contribution in [-0.4, -0.2) is 29.0 Å². The molecule has 190 valence electrons. The van der Waals surface area contributed by atoms with Gasteiger partial charge in [0.15, 0.2) is 0 Å². The molecule has 0 amide bonds. The van der Waals surface area contributed by atoms with Crippen molar-refractivity contribution in [2.45, 2.75) is 104 Å². The number of fused-ring (bicyclic) bond motifs is 5. The van der Waals surface area contributed by atoms with E-state index in [1.54, 1.807) is 0 Å². The van der Waals surface area contributed by atoms with Gasteiger partial charge in [-0.2, -0.15) is 0 Å². The first kappa shape index (κ1) is 24.8. The first-order valence-corrected chi connectivity index (χ1v) is 14.4. The number of hydrogen-bond acceptors (Lipinski definition) is 3. The van der Waals surface area contributed by atoms with Crippen molar-refractivity contribution >= 4 is 0 Å². The lowest BCUT2D eigenvalue weighted by Gasteiger charge is -2.62. The molecular formula is C31H49NO2. The lowest BCUT2D eigenvalue weighted by Crippen LogP contribution is -2.58. The van der Waals surface area contributed by atoms with E-state index in [1.807, 2.05) is 0 Å². The van der Waals surface area contributed by atoms with Crippen LogP contribution in [0.4, 0.5) is 0 Å². The van der Waals surface area contributed by atoms with Crippen LogP contribution in [0.2, 0.25) is 0 Å². The molecule has 0 saturated heterocycles. The lowest BCUT2D eigenvalue weighted by atomic mass is 9.43. The molecule has 0 aromatic heterocycles. The highest BCUT2D eigenvalue weighted by Crippen LogP contribution is 2.68. The quantitative estimate of drug-likeness (QED) is 0.420. The van der Waals surface area contributed by atoms with Gasteiger partial charge in [0.05, 0.1) is 12.2 Å². The summed E-state index contributed by atoms with van der Waals surface area (Å²) in [7, 11) is 0. The van der Waals surface area contributed by atoms with E-state index in [4.69, 9.17) is 0 Å². The van der Waals surface area contributed by atoms with Crippen LogP contribution in [0, 0.1) is 46.3 Å². The summed E-state index contributed by atoms with van der Waals surface area (Å²) in [5, 5.41) is 25.4. The maximum absolute atomic E-state index is 11.4. The number of nitrogens with one attached hydrogen (secondary N) is 1. The van der Waals surface area contributed by atoms with Gasteiger partial charge < -0.3 is 15.5 Å². The zero-order valence-corrected chi connectivity index (χ0v) is 21.9. The zero-order chi connectivity index (χ0) is 23.9. The third kappa shape index (κ3) is 4.39. The largest absolute Gasteiger partial charge is 0.393 e. The summed E-state index contributed by atoms with van der Waals surface area (Å²) >= 11 is 0. The van der Waals surface area contributed by atoms with Crippen molar-refractivity contribution in [3.63, 3.8) is 0 Å². The third-order valence-corrected chi connectivity index (χ3v) is 11.6. The van der Waals surface area contributed by atoms with Crippen molar-refractivity contribution in [2.75, 3.05) is 6.54 Å². The predicted molar refractivity (Wildman–Crippen MR) is 139 cm³/mol. The minimum atomic E-state index is -0.158. The average Bonchev–Trinajstić information content (AvgIpc) is 3.18. The molecule has 34 heavy (non-hydrogen) atoms. The standard InChI is InChI=1S/C31H49NO2/c1-21(8-7-17-32-20-22-9-5-4-6-10-22)25-11-12-26-29-27(14-16-31(25,26)3)30(2)15-13-24(33)18-23(30)19-28(29)34/h4-6,9-10,21,23-29,32-34H,7-8,11-20H2,1-3H3. The second kappa shape index (κ2) is 9.87. The summed E-state index contributed by atoms with van der Waals surface area (Å²) < 4.78 is 0. The summed E-state index contributed by atoms with van der Waals surface area (Å²) in [5.41, 5.74) is 2.10. The topological polar surface area (TPSA) is 52.5 Å². The van der Waals surface area contributed by atoms with Crippen molar-refractivity contribution in [1.82, 2.24) is 5.32 Å². The van der Waals surface area contributed by atoms with Gasteiger partial charge in [0.2, 0.25) is 0 Å². The first-order chi connectivity index (χ1) is 16.3. The van der Waals surface area contributed by atoms with Crippen LogP contribution in [0.25, 0.3) is 0 Å². The van der Waals surface area contributed by atoms with Gasteiger partial charge in [0.25, 0.3) is 0 Å². The second-order valence-corrected chi connectivity index (χ2v) is 13.2. The highest BCUT2D eigenvalue weighted by Gasteiger charge is 2.62. The van der Waals surface area contributed by atoms with Crippen molar-refractivity contribution in [1.29, 1.82) is 0 Å². The highest BCUT2D eigenvalue weighted by atomic mass is 16.3. The van der Waals surface area contributed by atoms with E-state index >= 15 is 0 Å². The van der Waals surface area contributed by atoms with E-state index in [9.17, 15) is 10.2 Å². The maximum Gasteiger partial charge on any atom is 0.0577 e. The van der Waals surface area contributed by atoms with E-state index < -0.39 is 0 Å². The van der Waals surface area contributed by atoms with Crippen LogP contribution in [-0.2, 0) is 6.54 Å². The Bertz CT molecular complexity index is 813. The normalized spacial score (nSPS) is 44.7. The van der Waals surface area contributed by atoms with Gasteiger partial charge in [-0.3, -0.25) is 0 Å². The van der Waals surface area contributed by atoms with E-state index in [0.717, 1.165) is 50.6 Å². The average molecular weight is 468 g/mol. The fourth-order valence-corrected chi connectivity index (χ4v) is 9.75. The minimum absolute atomic E-state index is 0.144. The van der Waals surface area contributed by atoms with Crippen LogP contribution in [0.3, 0.4) is 0 Å². The Morgan fingerprint density at radius 1 is 0.941 bits per heavy atom. The molecular weight excluding hydrogens is 418 g/mol. The van der Waals surface area contributed by atoms with Crippen molar-refractivity contribution in [2.24, 2.45) is 46.3 Å². The van der Waals surface area contributed by atoms with Gasteiger partial charge >= 0.3 is 0 Å². The maximum atomic E-state index is 11.4. The van der Waals surface area contributed by atoms with Crippen LogP contribution in [0.5, 0.6) is 0 Å². The number of rotatable bonds is 7. The fraction of sp³-hybridized carbons (Fsp3) is 0.806. The molecule has 0 aliphatic heterocycles. The summed E-state index contributed by atoms with van der Waals surface area (Å²) in [6.07, 6.45) is 11.5. The van der Waals surface area contributed by atoms with E-state index in [0.29, 0.717) is 34.5 Å². The van der Waals surface area contributed by atoms with Gasteiger partial charge in [-0.15, -0.1) is 0 Å². The Hall–Kier alpha value is -0.900. The van der Waals surface area contributed by atoms with Gasteiger partial charge in [-0.05, 0) is 123 Å². The molecule has 0 bridgehead atoms. The molecule has 3 heteroatoms. The van der Waals surface area contributed by atoms with Crippen molar-refractivity contribution in [3.05, 3.63) is 35.9 Å². The summed E-state index contributed by atoms with van der Waals surface area (Å²) in [4.78, 5) is 0. The Labute approximate surface area is 208 Å². The van der Waals surface area contributed by atoms with Gasteiger partial charge in [-0.25, -0.2) is 0 Å². The molecule has 4 aliphatic rings. The zero-order valence-electron chi connectivity index (χ0n) is 21.9. The molecule has 1 aromatic carbocycles. The van der Waals surface area contributed by atoms with Crippen LogP contribution in [0.15, 0.2) is 30.3 Å². The number of aliphatic hydroxyl groups is 2. The molecule has 0 spiro atoms. The van der Waals surface area contributed by atoms with Gasteiger partial charge in [-0.1, -0.05) is 51.1 Å². The number of aliphatic hydroxyl groups excluding tert-OH is 2. The SMILES string of the molecule is CC(CCCNCc1ccccc1)C1CCC2C3C(O)CC4CC(O)CCC4(C)C3CCC12C. The predicted octanol–water partition coefficient (Wildman–Crippen LogP) is 6.18. The lowest BCUT2D eigenvalue weighted by molar-refractivity contribution is -0.174. The Morgan fingerprint density at radius 3 is 2.47 bits per heavy atom. The van der Waals surface area contributed by atoms with Crippen molar-refractivity contribution in [3.8, 4) is 0 Å². The molecule has 10 unspecified atom stereocenters. The molecule has 0 heterocycles. The van der Waals surface area contributed by atoms with E-state index in [1.165, 1.54) is 44.1 Å². The number of hydrogen-bond donors (Lipinski definition) is 3. The minimum Gasteiger partial charge on any atom is -0.393 e. The Morgan fingerprint density at radius 2 is 1.68 bits per heavy atom. The Kier molecular flexibility index (Phi) is 7.19. The third-order valence-electron chi connectivity index (χ3n) is 11.6. The molecule has 0 radical (unpaired) electrons. The van der Waals surface area contributed by atoms with Crippen LogP contribution >= 0.6 is 0 Å². The second-order valence-electron chi connectivity index (χ2n) is 13.2. The molecule has 1 aromatic rings. The molecule has 3 nitrogen and oxygen atoms in total. The van der Waals surface area contributed by atoms with Crippen molar-refractivity contribution < 1.29 is 10.2 Å². The van der Waals surface area contributed by atoms with Gasteiger partial charge in [0.1, 0.15) is 0 Å². The highest BCUT2D eigenvalue weighted by molar-refractivity contribution is 5.14. The van der Waals surface area contributed by atoms with Gasteiger partial charge in [0, 0.05) is 6.54 Å². The molecule has 4 fully saturated rings. The molecule has 5 rings (SSSR count). The fourth-order valence-electron chi connectivity index (χ4n) is 9.75. The molecule has 3 N–H and O–H groups in total. The summed E-state index contributed by atoms with van der Waals surface area (Å²) in [6, 6.07) is 10.7. The van der Waals surface area contributed by atoms with E-state index in [-0.39, 0.29) is 12.2 Å². The summed E-state index contributed by atoms with van der Waals surface area (Å²) in [5.74, 6) is 3.91. The molecule has 4 aliphatic carbocycles. The smallest absolute Gasteiger partial charge is 0.0577 e.